The number of fused-ring (bicyclic) bond motifs is 2. The molecule has 0 spiro atoms. The Morgan fingerprint density at radius 3 is 1.55 bits per heavy atom. The lowest BCUT2D eigenvalue weighted by atomic mass is 9.93. The van der Waals surface area contributed by atoms with Gasteiger partial charge < -0.3 is 24.7 Å². The van der Waals surface area contributed by atoms with Crippen LogP contribution in [0, 0.1) is 48.1 Å². The molecule has 0 aliphatic carbocycles. The summed E-state index contributed by atoms with van der Waals surface area (Å²) in [4.78, 5) is 45.7. The van der Waals surface area contributed by atoms with E-state index in [0.29, 0.717) is 22.5 Å². The predicted molar refractivity (Wildman–Crippen MR) is 212 cm³/mol. The Morgan fingerprint density at radius 1 is 0.673 bits per heavy atom. The fraction of sp³-hybridized carbons (Fsp3) is 0.190. The highest BCUT2D eigenvalue weighted by Gasteiger charge is 2.21. The van der Waals surface area contributed by atoms with Gasteiger partial charge in [-0.15, -0.1) is 0 Å². The molecule has 4 N–H and O–H groups in total. The molecule has 0 saturated heterocycles. The molecule has 55 heavy (non-hydrogen) atoms. The minimum atomic E-state index is -0.498. The van der Waals surface area contributed by atoms with Crippen LogP contribution in [0.3, 0.4) is 0 Å². The number of primary amides is 1. The summed E-state index contributed by atoms with van der Waals surface area (Å²) in [5.41, 5.74) is 19.7. The van der Waals surface area contributed by atoms with Gasteiger partial charge in [0.15, 0.2) is 5.69 Å². The summed E-state index contributed by atoms with van der Waals surface area (Å²) in [6.07, 6.45) is 0. The number of aromatic amines is 2. The number of nitrogens with zero attached hydrogens (tertiary/aromatic N) is 5. The SMILES string of the molecule is Cc1ccc(C(N)=O)cc1-c1cc(-c2c(C)noc2C)cc2[nH]c(=O)n(C)c12.[C-]#[N+]c1ccc(C)c(-c2cc(-c3c(C)noc3C)cc3[nH]c(=O)n(C)c23)c1. The van der Waals surface area contributed by atoms with Crippen LogP contribution in [0.25, 0.3) is 71.4 Å². The highest BCUT2D eigenvalue weighted by molar-refractivity contribution is 6.00. The average Bonchev–Trinajstić information content (AvgIpc) is 3.86. The maximum absolute atomic E-state index is 12.3. The van der Waals surface area contributed by atoms with Crippen molar-refractivity contribution in [2.75, 3.05) is 0 Å². The normalized spacial score (nSPS) is 11.2. The molecule has 4 aromatic carbocycles. The third-order valence-corrected chi connectivity index (χ3v) is 10.1. The Balaban J connectivity index is 0.000000169. The number of aryl methyl sites for hydroxylation is 8. The summed E-state index contributed by atoms with van der Waals surface area (Å²) < 4.78 is 13.8. The fourth-order valence-corrected chi connectivity index (χ4v) is 7.31. The molecular formula is C42H38N8O5. The third-order valence-electron chi connectivity index (χ3n) is 10.1. The molecule has 13 nitrogen and oxygen atoms in total. The Bertz CT molecular complexity index is 2970. The Kier molecular flexibility index (Phi) is 8.98. The van der Waals surface area contributed by atoms with Gasteiger partial charge in [0.2, 0.25) is 5.91 Å². The van der Waals surface area contributed by atoms with Gasteiger partial charge in [0.05, 0.1) is 40.0 Å². The molecule has 0 fully saturated rings. The molecule has 0 saturated carbocycles. The Labute approximate surface area is 314 Å². The van der Waals surface area contributed by atoms with Gasteiger partial charge in [0.25, 0.3) is 0 Å². The minimum Gasteiger partial charge on any atom is -0.366 e. The van der Waals surface area contributed by atoms with Gasteiger partial charge in [0.1, 0.15) is 11.5 Å². The van der Waals surface area contributed by atoms with Crippen LogP contribution in [-0.4, -0.2) is 35.3 Å². The molecule has 4 heterocycles. The van der Waals surface area contributed by atoms with Crippen LogP contribution in [0.2, 0.25) is 0 Å². The number of hydrogen-bond acceptors (Lipinski definition) is 7. The summed E-state index contributed by atoms with van der Waals surface area (Å²) in [6.45, 7) is 18.8. The number of carbonyl (C=O) groups is 1. The summed E-state index contributed by atoms with van der Waals surface area (Å²) in [6, 6.07) is 18.8. The topological polar surface area (TPSA) is 175 Å². The zero-order valence-electron chi connectivity index (χ0n) is 31.6. The number of hydrogen-bond donors (Lipinski definition) is 3. The molecule has 0 radical (unpaired) electrons. The van der Waals surface area contributed by atoms with E-state index in [0.717, 1.165) is 89.3 Å². The van der Waals surface area contributed by atoms with Gasteiger partial charge in [-0.05, 0) is 117 Å². The van der Waals surface area contributed by atoms with Crippen molar-refractivity contribution in [2.24, 2.45) is 19.8 Å². The van der Waals surface area contributed by atoms with Crippen LogP contribution in [-0.2, 0) is 14.1 Å². The first-order valence-corrected chi connectivity index (χ1v) is 17.4. The smallest absolute Gasteiger partial charge is 0.326 e. The lowest BCUT2D eigenvalue weighted by Crippen LogP contribution is -2.12. The molecule has 276 valence electrons. The quantitative estimate of drug-likeness (QED) is 0.151. The Morgan fingerprint density at radius 2 is 1.13 bits per heavy atom. The van der Waals surface area contributed by atoms with Crippen LogP contribution in [0.4, 0.5) is 5.69 Å². The largest absolute Gasteiger partial charge is 0.366 e. The summed E-state index contributed by atoms with van der Waals surface area (Å²) in [7, 11) is 3.46. The molecule has 8 aromatic rings. The van der Waals surface area contributed by atoms with Gasteiger partial charge in [-0.3, -0.25) is 13.9 Å². The second-order valence-corrected chi connectivity index (χ2v) is 13.7. The zero-order valence-corrected chi connectivity index (χ0v) is 31.6. The lowest BCUT2D eigenvalue weighted by Gasteiger charge is -2.13. The van der Waals surface area contributed by atoms with E-state index in [2.05, 4.69) is 25.1 Å². The number of aromatic nitrogens is 6. The molecule has 13 heteroatoms. The van der Waals surface area contributed by atoms with E-state index in [4.69, 9.17) is 21.4 Å². The standard InChI is InChI=1S/C21H20N4O3.C21H18N4O2/c1-10-5-6-13(20(22)26)7-15(10)16-8-14(18-11(2)24-28-12(18)3)9-17-19(16)25(4)21(27)23-17;1-11-6-7-15(22-4)10-16(11)17-8-14(19-12(2)24-27-13(19)3)9-18-20(17)25(5)21(26)23-18/h5-9H,1-4H3,(H2,22,26)(H,23,27);6-10H,1-3,5H3,(H,23,26). The molecule has 8 rings (SSSR count). The van der Waals surface area contributed by atoms with Crippen LogP contribution < -0.4 is 17.1 Å². The van der Waals surface area contributed by atoms with E-state index >= 15 is 0 Å². The van der Waals surface area contributed by atoms with Crippen LogP contribution >= 0.6 is 0 Å². The molecular weight excluding hydrogens is 697 g/mol. The summed E-state index contributed by atoms with van der Waals surface area (Å²) in [5.74, 6) is 0.925. The number of carbonyl (C=O) groups excluding carboxylic acids is 1. The number of imidazole rings is 2. The van der Waals surface area contributed by atoms with Gasteiger partial charge >= 0.3 is 11.4 Å². The molecule has 0 aliphatic rings. The fourth-order valence-electron chi connectivity index (χ4n) is 7.31. The number of nitrogens with two attached hydrogens (primary N) is 1. The first kappa shape index (κ1) is 36.2. The van der Waals surface area contributed by atoms with E-state index < -0.39 is 5.91 Å². The predicted octanol–water partition coefficient (Wildman–Crippen LogP) is 7.88. The van der Waals surface area contributed by atoms with Gasteiger partial charge in [-0.25, -0.2) is 14.4 Å². The van der Waals surface area contributed by atoms with Crippen molar-refractivity contribution >= 4 is 33.7 Å². The van der Waals surface area contributed by atoms with Crippen molar-refractivity contribution in [1.29, 1.82) is 0 Å². The lowest BCUT2D eigenvalue weighted by molar-refractivity contribution is 0.100. The van der Waals surface area contributed by atoms with Crippen molar-refractivity contribution in [1.82, 2.24) is 29.4 Å². The maximum atomic E-state index is 12.3. The van der Waals surface area contributed by atoms with Crippen LogP contribution in [0.5, 0.6) is 0 Å². The van der Waals surface area contributed by atoms with Gasteiger partial charge in [-0.2, -0.15) is 0 Å². The minimum absolute atomic E-state index is 0.179. The number of rotatable bonds is 5. The van der Waals surface area contributed by atoms with E-state index in [1.165, 1.54) is 0 Å². The maximum Gasteiger partial charge on any atom is 0.326 e. The van der Waals surface area contributed by atoms with Crippen LogP contribution in [0.15, 0.2) is 79.3 Å². The number of H-pyrrole nitrogens is 2. The second kappa shape index (κ2) is 13.7. The number of amides is 1. The van der Waals surface area contributed by atoms with Gasteiger partial charge in [0, 0.05) is 41.9 Å². The molecule has 0 bridgehead atoms. The molecule has 0 aliphatic heterocycles. The van der Waals surface area contributed by atoms with E-state index in [1.54, 1.807) is 41.4 Å². The molecule has 4 aromatic heterocycles. The van der Waals surface area contributed by atoms with Crippen molar-refractivity contribution in [3.8, 4) is 44.5 Å². The number of benzene rings is 4. The molecule has 0 unspecified atom stereocenters. The van der Waals surface area contributed by atoms with Crippen molar-refractivity contribution < 1.29 is 13.8 Å². The van der Waals surface area contributed by atoms with E-state index in [1.807, 2.05) is 84.0 Å². The highest BCUT2D eigenvalue weighted by Crippen LogP contribution is 2.39. The third kappa shape index (κ3) is 6.23. The van der Waals surface area contributed by atoms with Crippen molar-refractivity contribution in [2.45, 2.75) is 41.5 Å². The monoisotopic (exact) mass is 734 g/mol. The first-order valence-electron chi connectivity index (χ1n) is 17.4. The first-order chi connectivity index (χ1) is 26.2. The van der Waals surface area contributed by atoms with Crippen molar-refractivity contribution in [3.05, 3.63) is 133 Å². The van der Waals surface area contributed by atoms with E-state index in [9.17, 15) is 14.4 Å². The second-order valence-electron chi connectivity index (χ2n) is 13.7. The zero-order chi connectivity index (χ0) is 39.5. The van der Waals surface area contributed by atoms with Crippen LogP contribution in [0.1, 0.15) is 44.4 Å². The van der Waals surface area contributed by atoms with Gasteiger partial charge in [-0.1, -0.05) is 28.5 Å². The number of nitrogens with one attached hydrogen (secondary N) is 2. The summed E-state index contributed by atoms with van der Waals surface area (Å²) in [5, 5.41) is 8.09. The van der Waals surface area contributed by atoms with Crippen molar-refractivity contribution in [3.63, 3.8) is 0 Å². The molecule has 1 amide bonds. The summed E-state index contributed by atoms with van der Waals surface area (Å²) >= 11 is 0. The highest BCUT2D eigenvalue weighted by atomic mass is 16.5. The van der Waals surface area contributed by atoms with E-state index in [-0.39, 0.29) is 11.4 Å². The average molecular weight is 735 g/mol. The Hall–Kier alpha value is -7.20. The molecule has 0 atom stereocenters.